The zero-order chi connectivity index (χ0) is 15.6. The van der Waals surface area contributed by atoms with Gasteiger partial charge in [0.1, 0.15) is 0 Å². The van der Waals surface area contributed by atoms with Crippen molar-refractivity contribution in [3.05, 3.63) is 28.8 Å². The third-order valence-corrected chi connectivity index (χ3v) is 6.79. The summed E-state index contributed by atoms with van der Waals surface area (Å²) in [7, 11) is -2.79. The van der Waals surface area contributed by atoms with Gasteiger partial charge in [-0.05, 0) is 43.9 Å². The Kier molecular flexibility index (Phi) is 4.95. The molecule has 0 aliphatic carbocycles. The number of nitrogens with one attached hydrogen (secondary N) is 1. The largest absolute Gasteiger partial charge is 0.371 e. The Morgan fingerprint density at radius 3 is 2.73 bits per heavy atom. The first-order chi connectivity index (χ1) is 10.6. The van der Waals surface area contributed by atoms with Crippen molar-refractivity contribution >= 4 is 27.1 Å². The highest BCUT2D eigenvalue weighted by Gasteiger charge is 2.27. The summed E-state index contributed by atoms with van der Waals surface area (Å²) >= 11 is 6.39. The van der Waals surface area contributed by atoms with Crippen molar-refractivity contribution in [1.29, 1.82) is 0 Å². The molecule has 0 saturated carbocycles. The van der Waals surface area contributed by atoms with E-state index in [2.05, 4.69) is 16.3 Å². The average molecular weight is 343 g/mol. The van der Waals surface area contributed by atoms with Crippen molar-refractivity contribution in [1.82, 2.24) is 5.32 Å². The minimum Gasteiger partial charge on any atom is -0.371 e. The highest BCUT2D eigenvalue weighted by atomic mass is 35.5. The predicted molar refractivity (Wildman–Crippen MR) is 91.4 cm³/mol. The van der Waals surface area contributed by atoms with Crippen LogP contribution in [0.2, 0.25) is 5.02 Å². The topological polar surface area (TPSA) is 49.4 Å². The maximum absolute atomic E-state index is 11.5. The molecule has 0 aromatic heterocycles. The van der Waals surface area contributed by atoms with Gasteiger partial charge < -0.3 is 10.2 Å². The molecule has 3 rings (SSSR count). The maximum atomic E-state index is 11.5. The average Bonchev–Trinajstić information content (AvgIpc) is 3.10. The summed E-state index contributed by atoms with van der Waals surface area (Å²) in [6.45, 7) is 3.62. The zero-order valence-electron chi connectivity index (χ0n) is 12.7. The van der Waals surface area contributed by atoms with Gasteiger partial charge in [0.2, 0.25) is 0 Å². The molecule has 22 heavy (non-hydrogen) atoms. The summed E-state index contributed by atoms with van der Waals surface area (Å²) in [4.78, 5) is 2.39. The summed E-state index contributed by atoms with van der Waals surface area (Å²) in [6, 6.07) is 6.06. The van der Waals surface area contributed by atoms with Crippen LogP contribution >= 0.6 is 11.6 Å². The van der Waals surface area contributed by atoms with Crippen LogP contribution in [0.15, 0.2) is 18.2 Å². The highest BCUT2D eigenvalue weighted by molar-refractivity contribution is 7.91. The van der Waals surface area contributed by atoms with E-state index >= 15 is 0 Å². The predicted octanol–water partition coefficient (Wildman–Crippen LogP) is 2.46. The summed E-state index contributed by atoms with van der Waals surface area (Å²) < 4.78 is 23.0. The van der Waals surface area contributed by atoms with Crippen molar-refractivity contribution in [2.45, 2.75) is 25.8 Å². The fraction of sp³-hybridized carbons (Fsp3) is 0.625. The Morgan fingerprint density at radius 1 is 1.27 bits per heavy atom. The molecule has 2 fully saturated rings. The Balaban J connectivity index is 1.62. The zero-order valence-corrected chi connectivity index (χ0v) is 14.3. The van der Waals surface area contributed by atoms with Crippen LogP contribution in [-0.2, 0) is 16.4 Å². The van der Waals surface area contributed by atoms with Gasteiger partial charge in [0.05, 0.1) is 11.5 Å². The molecule has 1 atom stereocenters. The number of benzene rings is 1. The van der Waals surface area contributed by atoms with Gasteiger partial charge in [0.15, 0.2) is 9.84 Å². The lowest BCUT2D eigenvalue weighted by Crippen LogP contribution is -2.25. The lowest BCUT2D eigenvalue weighted by atomic mass is 10.1. The molecule has 1 aromatic carbocycles. The second-order valence-corrected chi connectivity index (χ2v) is 8.97. The first-order valence-electron chi connectivity index (χ1n) is 7.99. The first kappa shape index (κ1) is 16.1. The fourth-order valence-corrected chi connectivity index (χ4v) is 5.51. The summed E-state index contributed by atoms with van der Waals surface area (Å²) in [6.07, 6.45) is 3.25. The quantitative estimate of drug-likeness (QED) is 0.893. The molecule has 2 aliphatic rings. The summed E-state index contributed by atoms with van der Waals surface area (Å²) in [5.41, 5.74) is 2.35. The molecule has 2 saturated heterocycles. The molecule has 0 bridgehead atoms. The van der Waals surface area contributed by atoms with E-state index in [9.17, 15) is 8.42 Å². The van der Waals surface area contributed by atoms with Crippen molar-refractivity contribution < 1.29 is 8.42 Å². The lowest BCUT2D eigenvalue weighted by Gasteiger charge is -2.23. The number of rotatable bonds is 5. The fourth-order valence-electron chi connectivity index (χ4n) is 3.41. The number of hydrogen-bond donors (Lipinski definition) is 1. The van der Waals surface area contributed by atoms with E-state index in [1.165, 1.54) is 18.5 Å². The van der Waals surface area contributed by atoms with Gasteiger partial charge in [0.25, 0.3) is 0 Å². The van der Waals surface area contributed by atoms with Crippen LogP contribution in [0.5, 0.6) is 0 Å². The van der Waals surface area contributed by atoms with Crippen LogP contribution in [0.25, 0.3) is 0 Å². The van der Waals surface area contributed by atoms with Crippen molar-refractivity contribution in [3.63, 3.8) is 0 Å². The van der Waals surface area contributed by atoms with Gasteiger partial charge in [-0.1, -0.05) is 17.7 Å². The molecule has 2 aliphatic heterocycles. The van der Waals surface area contributed by atoms with E-state index in [0.717, 1.165) is 36.6 Å². The Hall–Kier alpha value is -0.780. The molecule has 122 valence electrons. The molecule has 1 aromatic rings. The van der Waals surface area contributed by atoms with E-state index in [4.69, 9.17) is 11.6 Å². The van der Waals surface area contributed by atoms with Crippen LogP contribution in [0.3, 0.4) is 0 Å². The Morgan fingerprint density at radius 2 is 2.05 bits per heavy atom. The minimum absolute atomic E-state index is 0.239. The number of hydrogen-bond acceptors (Lipinski definition) is 4. The van der Waals surface area contributed by atoms with E-state index in [1.807, 2.05) is 12.1 Å². The Labute approximate surface area is 137 Å². The van der Waals surface area contributed by atoms with Crippen molar-refractivity contribution in [2.75, 3.05) is 36.0 Å². The lowest BCUT2D eigenvalue weighted by molar-refractivity contribution is 0.521. The second kappa shape index (κ2) is 6.77. The normalized spacial score (nSPS) is 24.0. The number of halogens is 1. The van der Waals surface area contributed by atoms with Gasteiger partial charge in [0, 0.05) is 35.9 Å². The van der Waals surface area contributed by atoms with Crippen LogP contribution < -0.4 is 10.2 Å². The van der Waals surface area contributed by atoms with Crippen LogP contribution in [-0.4, -0.2) is 39.6 Å². The van der Waals surface area contributed by atoms with E-state index in [0.29, 0.717) is 18.1 Å². The van der Waals surface area contributed by atoms with Crippen molar-refractivity contribution in [3.8, 4) is 0 Å². The van der Waals surface area contributed by atoms with Gasteiger partial charge >= 0.3 is 0 Å². The molecule has 0 radical (unpaired) electrons. The molecular weight excluding hydrogens is 320 g/mol. The number of anilines is 1. The molecule has 0 spiro atoms. The van der Waals surface area contributed by atoms with Crippen LogP contribution in [0.1, 0.15) is 24.8 Å². The first-order valence-corrected chi connectivity index (χ1v) is 10.2. The van der Waals surface area contributed by atoms with Gasteiger partial charge in [-0.3, -0.25) is 0 Å². The monoisotopic (exact) mass is 342 g/mol. The van der Waals surface area contributed by atoms with E-state index in [1.54, 1.807) is 0 Å². The van der Waals surface area contributed by atoms with Gasteiger partial charge in [-0.2, -0.15) is 0 Å². The summed E-state index contributed by atoms with van der Waals surface area (Å²) in [5, 5.41) is 4.20. The maximum Gasteiger partial charge on any atom is 0.150 e. The minimum atomic E-state index is -2.79. The molecular formula is C16H23ClN2O2S. The van der Waals surface area contributed by atoms with Crippen molar-refractivity contribution in [2.24, 2.45) is 5.92 Å². The number of sulfone groups is 1. The molecule has 1 N–H and O–H groups in total. The number of nitrogens with zero attached hydrogens (tertiary/aromatic N) is 1. The molecule has 0 amide bonds. The molecule has 4 nitrogen and oxygen atoms in total. The van der Waals surface area contributed by atoms with Crippen LogP contribution in [0.4, 0.5) is 5.69 Å². The van der Waals surface area contributed by atoms with E-state index < -0.39 is 9.84 Å². The van der Waals surface area contributed by atoms with Gasteiger partial charge in [-0.15, -0.1) is 0 Å². The third-order valence-electron chi connectivity index (χ3n) is 4.60. The SMILES string of the molecule is O=S1(=O)CC[C@@H](CNCc2c(Cl)cccc2N2CCCC2)C1. The Bertz CT molecular complexity index is 627. The van der Waals surface area contributed by atoms with Crippen LogP contribution in [0, 0.1) is 5.92 Å². The highest BCUT2D eigenvalue weighted by Crippen LogP contribution is 2.30. The van der Waals surface area contributed by atoms with E-state index in [-0.39, 0.29) is 5.92 Å². The molecule has 6 heteroatoms. The summed E-state index contributed by atoms with van der Waals surface area (Å²) in [5.74, 6) is 0.897. The third kappa shape index (κ3) is 3.76. The smallest absolute Gasteiger partial charge is 0.150 e. The molecule has 0 unspecified atom stereocenters. The standard InChI is InChI=1S/C16H23ClN2O2S/c17-15-4-3-5-16(19-7-1-2-8-19)14(15)11-18-10-13-6-9-22(20,21)12-13/h3-5,13,18H,1-2,6-12H2/t13-/m0/s1. The molecule has 2 heterocycles. The van der Waals surface area contributed by atoms with Gasteiger partial charge in [-0.25, -0.2) is 8.42 Å². The second-order valence-electron chi connectivity index (χ2n) is 6.33.